The lowest BCUT2D eigenvalue weighted by atomic mass is 9.76. The van der Waals surface area contributed by atoms with Crippen LogP contribution >= 0.6 is 0 Å². The van der Waals surface area contributed by atoms with Crippen LogP contribution in [0.5, 0.6) is 0 Å². The number of carbonyl (C=O) groups is 2. The smallest absolute Gasteiger partial charge is 0.323 e. The summed E-state index contributed by atoms with van der Waals surface area (Å²) >= 11 is 0. The molecule has 19 heavy (non-hydrogen) atoms. The summed E-state index contributed by atoms with van der Waals surface area (Å²) in [7, 11) is 0. The standard InChI is InChI=1S/C14H24N2O3/c15-14(13(18)19)8-6-10(7-9-14)12(17)16-11-4-2-1-3-5-11/h10-11H,1-9,15H2,(H,16,17)(H,18,19). The number of amides is 1. The third-order valence-electron chi connectivity index (χ3n) is 4.63. The average Bonchev–Trinajstić information content (AvgIpc) is 2.40. The molecule has 2 saturated carbocycles. The first-order chi connectivity index (χ1) is 9.01. The van der Waals surface area contributed by atoms with Crippen LogP contribution in [0.25, 0.3) is 0 Å². The third-order valence-corrected chi connectivity index (χ3v) is 4.63. The van der Waals surface area contributed by atoms with Gasteiger partial charge in [-0.2, -0.15) is 0 Å². The summed E-state index contributed by atoms with van der Waals surface area (Å²) in [6, 6.07) is 0.324. The number of rotatable bonds is 3. The van der Waals surface area contributed by atoms with Gasteiger partial charge in [0, 0.05) is 12.0 Å². The van der Waals surface area contributed by atoms with E-state index in [1.807, 2.05) is 0 Å². The highest BCUT2D eigenvalue weighted by Crippen LogP contribution is 2.31. The first kappa shape index (κ1) is 14.3. The van der Waals surface area contributed by atoms with Crippen LogP contribution in [0.15, 0.2) is 0 Å². The van der Waals surface area contributed by atoms with Gasteiger partial charge in [0.15, 0.2) is 0 Å². The normalized spacial score (nSPS) is 32.8. The summed E-state index contributed by atoms with van der Waals surface area (Å²) < 4.78 is 0. The highest BCUT2D eigenvalue weighted by Gasteiger charge is 2.40. The molecule has 108 valence electrons. The van der Waals surface area contributed by atoms with Crippen molar-refractivity contribution < 1.29 is 14.7 Å². The van der Waals surface area contributed by atoms with E-state index >= 15 is 0 Å². The summed E-state index contributed by atoms with van der Waals surface area (Å²) in [5.74, 6) is -0.907. The molecular formula is C14H24N2O3. The van der Waals surface area contributed by atoms with Crippen molar-refractivity contribution >= 4 is 11.9 Å². The fourth-order valence-electron chi connectivity index (χ4n) is 3.17. The monoisotopic (exact) mass is 268 g/mol. The van der Waals surface area contributed by atoms with Gasteiger partial charge in [-0.3, -0.25) is 9.59 Å². The molecule has 5 nitrogen and oxygen atoms in total. The van der Waals surface area contributed by atoms with Gasteiger partial charge < -0.3 is 16.2 Å². The number of aliphatic carboxylic acids is 1. The highest BCUT2D eigenvalue weighted by molar-refractivity contribution is 5.81. The van der Waals surface area contributed by atoms with Crippen molar-refractivity contribution in [2.45, 2.75) is 69.4 Å². The molecule has 0 aliphatic heterocycles. The molecule has 2 rings (SSSR count). The molecule has 0 unspecified atom stereocenters. The molecule has 2 aliphatic carbocycles. The quantitative estimate of drug-likeness (QED) is 0.721. The molecule has 0 radical (unpaired) electrons. The second-order valence-corrected chi connectivity index (χ2v) is 6.08. The topological polar surface area (TPSA) is 92.4 Å². The summed E-state index contributed by atoms with van der Waals surface area (Å²) in [5, 5.41) is 12.2. The van der Waals surface area contributed by atoms with Crippen LogP contribution in [0.3, 0.4) is 0 Å². The van der Waals surface area contributed by atoms with E-state index in [1.54, 1.807) is 0 Å². The maximum Gasteiger partial charge on any atom is 0.323 e. The first-order valence-electron chi connectivity index (χ1n) is 7.34. The number of nitrogens with two attached hydrogens (primary N) is 1. The van der Waals surface area contributed by atoms with E-state index in [4.69, 9.17) is 10.8 Å². The van der Waals surface area contributed by atoms with Gasteiger partial charge in [-0.25, -0.2) is 0 Å². The predicted molar refractivity (Wildman–Crippen MR) is 71.5 cm³/mol. The lowest BCUT2D eigenvalue weighted by Gasteiger charge is -2.34. The van der Waals surface area contributed by atoms with Crippen molar-refractivity contribution in [1.82, 2.24) is 5.32 Å². The number of nitrogens with one attached hydrogen (secondary N) is 1. The Bertz CT molecular complexity index is 343. The van der Waals surface area contributed by atoms with Crippen LogP contribution in [-0.4, -0.2) is 28.6 Å². The van der Waals surface area contributed by atoms with Crippen molar-refractivity contribution in [2.24, 2.45) is 11.7 Å². The van der Waals surface area contributed by atoms with E-state index in [0.717, 1.165) is 12.8 Å². The number of carboxylic acid groups (broad SMARTS) is 1. The van der Waals surface area contributed by atoms with Crippen molar-refractivity contribution in [3.05, 3.63) is 0 Å². The van der Waals surface area contributed by atoms with E-state index in [9.17, 15) is 9.59 Å². The van der Waals surface area contributed by atoms with Gasteiger partial charge in [0.1, 0.15) is 5.54 Å². The molecule has 0 bridgehead atoms. The molecule has 2 aliphatic rings. The largest absolute Gasteiger partial charge is 0.480 e. The van der Waals surface area contributed by atoms with Crippen LogP contribution in [0, 0.1) is 5.92 Å². The van der Waals surface area contributed by atoms with Crippen LogP contribution in [0.4, 0.5) is 0 Å². The summed E-state index contributed by atoms with van der Waals surface area (Å²) in [6.07, 6.45) is 7.77. The minimum absolute atomic E-state index is 0.0575. The molecule has 0 atom stereocenters. The third kappa shape index (κ3) is 3.47. The Kier molecular flexibility index (Phi) is 4.45. The van der Waals surface area contributed by atoms with Crippen LogP contribution in [-0.2, 0) is 9.59 Å². The van der Waals surface area contributed by atoms with Crippen molar-refractivity contribution in [1.29, 1.82) is 0 Å². The van der Waals surface area contributed by atoms with Gasteiger partial charge in [0.25, 0.3) is 0 Å². The van der Waals surface area contributed by atoms with Gasteiger partial charge in [0.05, 0.1) is 0 Å². The summed E-state index contributed by atoms with van der Waals surface area (Å²) in [4.78, 5) is 23.2. The Hall–Kier alpha value is -1.10. The minimum Gasteiger partial charge on any atom is -0.480 e. The second-order valence-electron chi connectivity index (χ2n) is 6.08. The zero-order chi connectivity index (χ0) is 13.9. The minimum atomic E-state index is -1.12. The van der Waals surface area contributed by atoms with Crippen molar-refractivity contribution in [2.75, 3.05) is 0 Å². The fraction of sp³-hybridized carbons (Fsp3) is 0.857. The van der Waals surface area contributed by atoms with E-state index in [-0.39, 0.29) is 11.8 Å². The molecule has 0 spiro atoms. The fourth-order valence-corrected chi connectivity index (χ4v) is 3.17. The number of carboxylic acids is 1. The second kappa shape index (κ2) is 5.90. The number of hydrogen-bond donors (Lipinski definition) is 3. The zero-order valence-electron chi connectivity index (χ0n) is 11.4. The van der Waals surface area contributed by atoms with Gasteiger partial charge in [-0.1, -0.05) is 19.3 Å². The van der Waals surface area contributed by atoms with E-state index in [1.165, 1.54) is 19.3 Å². The van der Waals surface area contributed by atoms with E-state index in [2.05, 4.69) is 5.32 Å². The molecule has 0 aromatic heterocycles. The van der Waals surface area contributed by atoms with Gasteiger partial charge >= 0.3 is 5.97 Å². The average molecular weight is 268 g/mol. The molecule has 4 N–H and O–H groups in total. The maximum absolute atomic E-state index is 12.1. The Morgan fingerprint density at radius 3 is 2.16 bits per heavy atom. The molecule has 2 fully saturated rings. The maximum atomic E-state index is 12.1. The predicted octanol–water partition coefficient (Wildman–Crippen LogP) is 1.41. The Balaban J connectivity index is 1.80. The lowest BCUT2D eigenvalue weighted by Crippen LogP contribution is -2.52. The molecule has 0 heterocycles. The van der Waals surface area contributed by atoms with Gasteiger partial charge in [0.2, 0.25) is 5.91 Å². The molecule has 0 saturated heterocycles. The first-order valence-corrected chi connectivity index (χ1v) is 7.34. The zero-order valence-corrected chi connectivity index (χ0v) is 11.4. The summed E-state index contributed by atoms with van der Waals surface area (Å²) in [5.41, 5.74) is 4.69. The Morgan fingerprint density at radius 2 is 1.63 bits per heavy atom. The van der Waals surface area contributed by atoms with Crippen molar-refractivity contribution in [3.8, 4) is 0 Å². The Morgan fingerprint density at radius 1 is 1.05 bits per heavy atom. The summed E-state index contributed by atoms with van der Waals surface area (Å²) in [6.45, 7) is 0. The van der Waals surface area contributed by atoms with E-state index < -0.39 is 11.5 Å². The van der Waals surface area contributed by atoms with Crippen LogP contribution < -0.4 is 11.1 Å². The lowest BCUT2D eigenvalue weighted by molar-refractivity contribution is -0.146. The van der Waals surface area contributed by atoms with E-state index in [0.29, 0.717) is 31.7 Å². The number of hydrogen-bond acceptors (Lipinski definition) is 3. The van der Waals surface area contributed by atoms with Crippen LogP contribution in [0.1, 0.15) is 57.8 Å². The number of carbonyl (C=O) groups excluding carboxylic acids is 1. The van der Waals surface area contributed by atoms with Crippen molar-refractivity contribution in [3.63, 3.8) is 0 Å². The van der Waals surface area contributed by atoms with Crippen LogP contribution in [0.2, 0.25) is 0 Å². The highest BCUT2D eigenvalue weighted by atomic mass is 16.4. The Labute approximate surface area is 113 Å². The molecule has 0 aromatic rings. The molecule has 5 heteroatoms. The van der Waals surface area contributed by atoms with Gasteiger partial charge in [-0.05, 0) is 38.5 Å². The molecular weight excluding hydrogens is 244 g/mol. The molecule has 1 amide bonds. The molecule has 0 aromatic carbocycles. The van der Waals surface area contributed by atoms with Gasteiger partial charge in [-0.15, -0.1) is 0 Å². The SMILES string of the molecule is NC1(C(=O)O)CCC(C(=O)NC2CCCCC2)CC1.